The van der Waals surface area contributed by atoms with Gasteiger partial charge in [0.2, 0.25) is 0 Å². The maximum Gasteiger partial charge on any atom is 0.253 e. The van der Waals surface area contributed by atoms with Gasteiger partial charge in [0, 0.05) is 10.2 Å². The van der Waals surface area contributed by atoms with Gasteiger partial charge in [0.1, 0.15) is 5.82 Å². The Labute approximate surface area is 125 Å². The van der Waals surface area contributed by atoms with Crippen LogP contribution < -0.4 is 11.1 Å². The Bertz CT molecular complexity index is 628. The number of halogens is 2. The molecule has 2 rings (SSSR count). The van der Waals surface area contributed by atoms with Crippen LogP contribution in [0.15, 0.2) is 46.9 Å². The van der Waals surface area contributed by atoms with Crippen molar-refractivity contribution in [2.75, 3.05) is 5.73 Å². The monoisotopic (exact) mass is 336 g/mol. The number of amides is 1. The summed E-state index contributed by atoms with van der Waals surface area (Å²) in [7, 11) is 0. The van der Waals surface area contributed by atoms with E-state index in [4.69, 9.17) is 5.73 Å². The minimum absolute atomic E-state index is 0.196. The van der Waals surface area contributed by atoms with Crippen molar-refractivity contribution in [3.05, 3.63) is 63.9 Å². The molecule has 3 N–H and O–H groups in total. The number of hydrogen-bond donors (Lipinski definition) is 2. The van der Waals surface area contributed by atoms with Crippen molar-refractivity contribution < 1.29 is 9.18 Å². The Balaban J connectivity index is 2.15. The summed E-state index contributed by atoms with van der Waals surface area (Å²) in [6.45, 7) is 1.86. The second kappa shape index (κ2) is 6.05. The molecule has 2 aromatic rings. The third-order valence-electron chi connectivity index (χ3n) is 2.96. The summed E-state index contributed by atoms with van der Waals surface area (Å²) in [6.07, 6.45) is 0. The van der Waals surface area contributed by atoms with Gasteiger partial charge in [-0.3, -0.25) is 4.79 Å². The topological polar surface area (TPSA) is 55.1 Å². The van der Waals surface area contributed by atoms with E-state index in [9.17, 15) is 9.18 Å². The average molecular weight is 337 g/mol. The molecular formula is C15H14BrFN2O. The molecule has 20 heavy (non-hydrogen) atoms. The Hall–Kier alpha value is -1.88. The SMILES string of the molecule is CC(NC(=O)c1cc(F)ccc1Br)c1ccc(N)cc1. The lowest BCUT2D eigenvalue weighted by molar-refractivity contribution is 0.0938. The van der Waals surface area contributed by atoms with Crippen LogP contribution in [-0.2, 0) is 0 Å². The number of benzene rings is 2. The lowest BCUT2D eigenvalue weighted by atomic mass is 10.1. The Morgan fingerprint density at radius 3 is 2.55 bits per heavy atom. The predicted molar refractivity (Wildman–Crippen MR) is 80.8 cm³/mol. The van der Waals surface area contributed by atoms with Gasteiger partial charge in [-0.25, -0.2) is 4.39 Å². The van der Waals surface area contributed by atoms with Crippen LogP contribution in [0.1, 0.15) is 28.9 Å². The van der Waals surface area contributed by atoms with Crippen LogP contribution in [0.5, 0.6) is 0 Å². The molecule has 3 nitrogen and oxygen atoms in total. The first-order valence-corrected chi connectivity index (χ1v) is 6.88. The fourth-order valence-corrected chi connectivity index (χ4v) is 2.24. The highest BCUT2D eigenvalue weighted by molar-refractivity contribution is 9.10. The summed E-state index contributed by atoms with van der Waals surface area (Å²) in [5.74, 6) is -0.779. The van der Waals surface area contributed by atoms with Crippen molar-refractivity contribution in [1.82, 2.24) is 5.32 Å². The maximum absolute atomic E-state index is 13.2. The van der Waals surface area contributed by atoms with Crippen molar-refractivity contribution >= 4 is 27.5 Å². The largest absolute Gasteiger partial charge is 0.399 e. The molecule has 2 aromatic carbocycles. The molecule has 0 aromatic heterocycles. The second-order valence-electron chi connectivity index (χ2n) is 4.49. The van der Waals surface area contributed by atoms with E-state index < -0.39 is 5.82 Å². The first-order chi connectivity index (χ1) is 9.47. The standard InChI is InChI=1S/C15H14BrFN2O/c1-9(10-2-5-12(18)6-3-10)19-15(20)13-8-11(17)4-7-14(13)16/h2-9H,18H2,1H3,(H,19,20). The third-order valence-corrected chi connectivity index (χ3v) is 3.65. The van der Waals surface area contributed by atoms with E-state index in [2.05, 4.69) is 21.2 Å². The van der Waals surface area contributed by atoms with Gasteiger partial charge in [-0.05, 0) is 58.7 Å². The molecule has 1 amide bonds. The number of carbonyl (C=O) groups excluding carboxylic acids is 1. The van der Waals surface area contributed by atoms with Gasteiger partial charge >= 0.3 is 0 Å². The van der Waals surface area contributed by atoms with Crippen LogP contribution in [0.3, 0.4) is 0 Å². The first-order valence-electron chi connectivity index (χ1n) is 6.08. The van der Waals surface area contributed by atoms with Crippen molar-refractivity contribution in [1.29, 1.82) is 0 Å². The molecule has 0 spiro atoms. The highest BCUT2D eigenvalue weighted by Gasteiger charge is 2.14. The predicted octanol–water partition coefficient (Wildman–Crippen LogP) is 3.66. The van der Waals surface area contributed by atoms with Crippen LogP contribution in [0, 0.1) is 5.82 Å². The van der Waals surface area contributed by atoms with Gasteiger partial charge in [-0.1, -0.05) is 12.1 Å². The minimum Gasteiger partial charge on any atom is -0.399 e. The van der Waals surface area contributed by atoms with Crippen LogP contribution >= 0.6 is 15.9 Å². The molecule has 0 saturated carbocycles. The molecule has 5 heteroatoms. The zero-order valence-electron chi connectivity index (χ0n) is 10.9. The first kappa shape index (κ1) is 14.5. The van der Waals surface area contributed by atoms with Crippen LogP contribution in [0.2, 0.25) is 0 Å². The molecule has 0 bridgehead atoms. The van der Waals surface area contributed by atoms with Crippen molar-refractivity contribution in [2.45, 2.75) is 13.0 Å². The number of rotatable bonds is 3. The lowest BCUT2D eigenvalue weighted by Gasteiger charge is -2.15. The van der Waals surface area contributed by atoms with Gasteiger partial charge in [0.25, 0.3) is 5.91 Å². The van der Waals surface area contributed by atoms with Gasteiger partial charge in [-0.2, -0.15) is 0 Å². The van der Waals surface area contributed by atoms with E-state index in [1.165, 1.54) is 18.2 Å². The van der Waals surface area contributed by atoms with Crippen LogP contribution in [-0.4, -0.2) is 5.91 Å². The Kier molecular flexibility index (Phi) is 4.39. The molecule has 0 aliphatic carbocycles. The summed E-state index contributed by atoms with van der Waals surface area (Å²) in [6, 6.07) is 11.1. The number of carbonyl (C=O) groups is 1. The molecule has 0 aliphatic heterocycles. The van der Waals surface area contributed by atoms with Crippen LogP contribution in [0.4, 0.5) is 10.1 Å². The normalized spacial score (nSPS) is 11.9. The maximum atomic E-state index is 13.2. The Morgan fingerprint density at radius 2 is 1.90 bits per heavy atom. The highest BCUT2D eigenvalue weighted by Crippen LogP contribution is 2.20. The van der Waals surface area contributed by atoms with E-state index in [1.807, 2.05) is 19.1 Å². The zero-order chi connectivity index (χ0) is 14.7. The van der Waals surface area contributed by atoms with E-state index >= 15 is 0 Å². The van der Waals surface area contributed by atoms with E-state index in [1.54, 1.807) is 12.1 Å². The third kappa shape index (κ3) is 3.36. The van der Waals surface area contributed by atoms with Gasteiger partial charge in [-0.15, -0.1) is 0 Å². The van der Waals surface area contributed by atoms with Crippen molar-refractivity contribution in [2.24, 2.45) is 0 Å². The zero-order valence-corrected chi connectivity index (χ0v) is 12.4. The fourth-order valence-electron chi connectivity index (χ4n) is 1.81. The molecule has 0 saturated heterocycles. The number of hydrogen-bond acceptors (Lipinski definition) is 2. The van der Waals surface area contributed by atoms with Crippen molar-refractivity contribution in [3.63, 3.8) is 0 Å². The molecule has 104 valence electrons. The van der Waals surface area contributed by atoms with Gasteiger partial charge in [0.15, 0.2) is 0 Å². The Morgan fingerprint density at radius 1 is 1.25 bits per heavy atom. The summed E-state index contributed by atoms with van der Waals surface area (Å²) >= 11 is 3.24. The smallest absolute Gasteiger partial charge is 0.253 e. The molecule has 0 heterocycles. The number of nitrogens with one attached hydrogen (secondary N) is 1. The summed E-state index contributed by atoms with van der Waals surface area (Å²) in [5.41, 5.74) is 7.49. The lowest BCUT2D eigenvalue weighted by Crippen LogP contribution is -2.27. The number of nitrogens with two attached hydrogens (primary N) is 1. The summed E-state index contributed by atoms with van der Waals surface area (Å²) < 4.78 is 13.8. The fraction of sp³-hybridized carbons (Fsp3) is 0.133. The van der Waals surface area contributed by atoms with Crippen molar-refractivity contribution in [3.8, 4) is 0 Å². The molecule has 0 radical (unpaired) electrons. The molecule has 0 aliphatic rings. The number of nitrogen functional groups attached to an aromatic ring is 1. The minimum atomic E-state index is -0.446. The molecular weight excluding hydrogens is 323 g/mol. The molecule has 0 fully saturated rings. The summed E-state index contributed by atoms with van der Waals surface area (Å²) in [4.78, 5) is 12.1. The quantitative estimate of drug-likeness (QED) is 0.840. The van der Waals surface area contributed by atoms with E-state index in [0.29, 0.717) is 10.2 Å². The highest BCUT2D eigenvalue weighted by atomic mass is 79.9. The average Bonchev–Trinajstić information content (AvgIpc) is 2.42. The van der Waals surface area contributed by atoms with Gasteiger partial charge < -0.3 is 11.1 Å². The number of anilines is 1. The molecule has 1 atom stereocenters. The van der Waals surface area contributed by atoms with Gasteiger partial charge in [0.05, 0.1) is 11.6 Å². The van der Waals surface area contributed by atoms with E-state index in [-0.39, 0.29) is 17.5 Å². The second-order valence-corrected chi connectivity index (χ2v) is 5.34. The molecule has 1 unspecified atom stereocenters. The van der Waals surface area contributed by atoms with Crippen LogP contribution in [0.25, 0.3) is 0 Å². The van der Waals surface area contributed by atoms with E-state index in [0.717, 1.165) is 5.56 Å². The summed E-state index contributed by atoms with van der Waals surface area (Å²) in [5, 5.41) is 2.82.